The van der Waals surface area contributed by atoms with E-state index in [1.807, 2.05) is 79.0 Å². The number of rotatable bonds is 5. The molecule has 0 atom stereocenters. The van der Waals surface area contributed by atoms with Crippen molar-refractivity contribution >= 4 is 5.69 Å². The molecule has 4 aromatic rings. The summed E-state index contributed by atoms with van der Waals surface area (Å²) in [6, 6.07) is 32.3. The van der Waals surface area contributed by atoms with Gasteiger partial charge in [-0.15, -0.1) is 30.0 Å². The number of aliphatic hydroxyl groups is 1. The Hall–Kier alpha value is -2.81. The quantitative estimate of drug-likeness (QED) is 0.224. The molecular formula is C37H49N2OZr. The third-order valence-corrected chi connectivity index (χ3v) is 5.71. The van der Waals surface area contributed by atoms with E-state index in [2.05, 4.69) is 84.6 Å². The van der Waals surface area contributed by atoms with Crippen LogP contribution in [-0.4, -0.2) is 16.2 Å². The molecule has 217 valence electrons. The Morgan fingerprint density at radius 2 is 1.02 bits per heavy atom. The van der Waals surface area contributed by atoms with Crippen molar-refractivity contribution in [3.05, 3.63) is 150 Å². The number of para-hydroxylation sites is 1. The van der Waals surface area contributed by atoms with Gasteiger partial charge in [0.25, 0.3) is 0 Å². The molecule has 1 heterocycles. The molecule has 1 N–H and O–H groups in total. The maximum Gasteiger partial charge on any atom is 3.00 e. The second-order valence-corrected chi connectivity index (χ2v) is 11.0. The molecule has 0 fully saturated rings. The molecule has 0 saturated heterocycles. The van der Waals surface area contributed by atoms with Crippen molar-refractivity contribution in [3.8, 4) is 0 Å². The van der Waals surface area contributed by atoms with Gasteiger partial charge in [-0.1, -0.05) is 94.6 Å². The number of aromatic nitrogens is 1. The number of nitrogens with zero attached hydrogens (tertiary/aromatic N) is 2. The Kier molecular flexibility index (Phi) is 18.8. The minimum absolute atomic E-state index is 0. The Morgan fingerprint density at radius 3 is 1.32 bits per heavy atom. The molecule has 4 rings (SSSR count). The summed E-state index contributed by atoms with van der Waals surface area (Å²) in [7, 11) is 0. The van der Waals surface area contributed by atoms with E-state index in [9.17, 15) is 0 Å². The number of hydrogen-bond acceptors (Lipinski definition) is 2. The van der Waals surface area contributed by atoms with Gasteiger partial charge in [-0.05, 0) is 37.8 Å². The van der Waals surface area contributed by atoms with Crippen molar-refractivity contribution < 1.29 is 31.3 Å². The van der Waals surface area contributed by atoms with Gasteiger partial charge in [-0.25, -0.2) is 0 Å². The zero-order valence-corrected chi connectivity index (χ0v) is 28.8. The third kappa shape index (κ3) is 15.7. The molecule has 3 nitrogen and oxygen atoms in total. The first-order chi connectivity index (χ1) is 18.8. The maximum absolute atomic E-state index is 8.06. The van der Waals surface area contributed by atoms with Gasteiger partial charge < -0.3 is 10.4 Å². The van der Waals surface area contributed by atoms with Crippen LogP contribution in [0.25, 0.3) is 5.32 Å². The van der Waals surface area contributed by atoms with Gasteiger partial charge in [0.05, 0.1) is 0 Å². The van der Waals surface area contributed by atoms with Crippen LogP contribution in [0.1, 0.15) is 95.2 Å². The molecule has 1 aromatic heterocycles. The van der Waals surface area contributed by atoms with Gasteiger partial charge in [-0.3, -0.25) is 4.98 Å². The summed E-state index contributed by atoms with van der Waals surface area (Å²) < 4.78 is 0. The van der Waals surface area contributed by atoms with Crippen molar-refractivity contribution in [1.82, 2.24) is 4.98 Å². The molecule has 0 bridgehead atoms. The van der Waals surface area contributed by atoms with E-state index in [0.29, 0.717) is 11.8 Å². The summed E-state index contributed by atoms with van der Waals surface area (Å²) in [6.45, 7) is 24.1. The average molecular weight is 629 g/mol. The van der Waals surface area contributed by atoms with Gasteiger partial charge in [-0.2, -0.15) is 49.2 Å². The van der Waals surface area contributed by atoms with Crippen LogP contribution in [0.3, 0.4) is 0 Å². The molecule has 0 unspecified atom stereocenters. The predicted molar refractivity (Wildman–Crippen MR) is 174 cm³/mol. The van der Waals surface area contributed by atoms with Crippen molar-refractivity contribution in [2.24, 2.45) is 0 Å². The van der Waals surface area contributed by atoms with E-state index in [1.54, 1.807) is 13.8 Å². The minimum Gasteiger partial charge on any atom is -0.674 e. The molecule has 0 saturated carbocycles. The Labute approximate surface area is 270 Å². The molecular weight excluding hydrogens is 580 g/mol. The zero-order chi connectivity index (χ0) is 30.1. The molecule has 0 spiro atoms. The minimum atomic E-state index is -0.337. The van der Waals surface area contributed by atoms with Crippen LogP contribution in [0.2, 0.25) is 0 Å². The number of hydrogen-bond donors (Lipinski definition) is 1. The van der Waals surface area contributed by atoms with E-state index in [0.717, 1.165) is 22.5 Å². The van der Waals surface area contributed by atoms with E-state index < -0.39 is 0 Å². The summed E-state index contributed by atoms with van der Waals surface area (Å²) in [4.78, 5) is 4.50. The summed E-state index contributed by atoms with van der Waals surface area (Å²) in [5.74, 6) is 0.911. The average Bonchev–Trinajstić information content (AvgIpc) is 2.90. The Balaban J connectivity index is 0.000000681. The Bertz CT molecular complexity index is 1130. The van der Waals surface area contributed by atoms with E-state index in [1.165, 1.54) is 11.1 Å². The van der Waals surface area contributed by atoms with Crippen LogP contribution in [0, 0.1) is 13.8 Å². The molecule has 0 aliphatic heterocycles. The van der Waals surface area contributed by atoms with Crippen molar-refractivity contribution in [2.45, 2.75) is 78.9 Å². The monoisotopic (exact) mass is 627 g/mol. The first-order valence-corrected chi connectivity index (χ1v) is 14.0. The number of pyridine rings is 1. The van der Waals surface area contributed by atoms with Gasteiger partial charge in [0, 0.05) is 18.0 Å². The summed E-state index contributed by atoms with van der Waals surface area (Å²) >= 11 is 0. The Morgan fingerprint density at radius 1 is 0.634 bits per heavy atom. The second kappa shape index (κ2) is 20.1. The number of benzene rings is 3. The first-order valence-electron chi connectivity index (χ1n) is 14.0. The van der Waals surface area contributed by atoms with Crippen molar-refractivity contribution in [3.63, 3.8) is 0 Å². The molecule has 1 radical (unpaired) electrons. The summed E-state index contributed by atoms with van der Waals surface area (Å²) in [5, 5.41) is 13.2. The SMILES string of the molecule is CC(C)O.CC(C)c1cccc(C(C)C)c1[N-]C(C)(C)c1ccccn1.[CH2-]c1ccccc1.[CH2-]c1ccccc1.[Zr+3]. The van der Waals surface area contributed by atoms with E-state index >= 15 is 0 Å². The van der Waals surface area contributed by atoms with Gasteiger partial charge in [0.2, 0.25) is 0 Å². The fourth-order valence-electron chi connectivity index (χ4n) is 3.66. The van der Waals surface area contributed by atoms with Crippen LogP contribution in [0.5, 0.6) is 0 Å². The normalized spacial score (nSPS) is 10.2. The van der Waals surface area contributed by atoms with Crippen molar-refractivity contribution in [2.75, 3.05) is 0 Å². The topological polar surface area (TPSA) is 47.2 Å². The van der Waals surface area contributed by atoms with Gasteiger partial charge in [0.1, 0.15) is 0 Å². The predicted octanol–water partition coefficient (Wildman–Crippen LogP) is 10.4. The van der Waals surface area contributed by atoms with Gasteiger partial charge in [0.15, 0.2) is 0 Å². The molecule has 0 amide bonds. The zero-order valence-electron chi connectivity index (χ0n) is 26.3. The molecule has 41 heavy (non-hydrogen) atoms. The summed E-state index contributed by atoms with van der Waals surface area (Å²) in [5.41, 5.74) is 6.58. The smallest absolute Gasteiger partial charge is 0.674 e. The molecule has 0 aliphatic carbocycles. The van der Waals surface area contributed by atoms with Crippen LogP contribution in [0.4, 0.5) is 5.69 Å². The van der Waals surface area contributed by atoms with Crippen molar-refractivity contribution in [1.29, 1.82) is 0 Å². The van der Waals surface area contributed by atoms with Gasteiger partial charge >= 0.3 is 26.2 Å². The summed E-state index contributed by atoms with van der Waals surface area (Å²) in [6.07, 6.45) is 1.67. The third-order valence-electron chi connectivity index (χ3n) is 5.71. The fourth-order valence-corrected chi connectivity index (χ4v) is 3.66. The fraction of sp³-hybridized carbons (Fsp3) is 0.324. The van der Waals surface area contributed by atoms with Crippen LogP contribution >= 0.6 is 0 Å². The molecule has 0 aliphatic rings. The van der Waals surface area contributed by atoms with E-state index in [-0.39, 0.29) is 37.8 Å². The molecule has 4 heteroatoms. The largest absolute Gasteiger partial charge is 3.00 e. The molecule has 3 aromatic carbocycles. The van der Waals surface area contributed by atoms with Crippen LogP contribution in [0.15, 0.2) is 103 Å². The van der Waals surface area contributed by atoms with Crippen LogP contribution in [-0.2, 0) is 31.7 Å². The standard InChI is InChI=1S/C20H27N2.2C7H7.C3H8O.Zr/c1-14(2)16-10-9-11-17(15(3)4)19(16)22-20(5,6)18-12-7-8-13-21-18;2*1-7-5-3-2-4-6-7;1-3(2)4;/h7-15H,1-6H3;2*2-6H,1H2;3-4H,1-2H3;/q3*-1;;+3. The second-order valence-electron chi connectivity index (χ2n) is 11.0. The van der Waals surface area contributed by atoms with Crippen LogP contribution < -0.4 is 0 Å². The number of aliphatic hydroxyl groups excluding tert-OH is 1. The first kappa shape index (κ1) is 38.2. The maximum atomic E-state index is 8.06. The van der Waals surface area contributed by atoms with E-state index in [4.69, 9.17) is 10.4 Å².